The normalized spacial score (nSPS) is 15.0. The van der Waals surface area contributed by atoms with Crippen LogP contribution >= 0.6 is 22.9 Å². The van der Waals surface area contributed by atoms with Crippen LogP contribution in [0.3, 0.4) is 0 Å². The molecule has 1 amide bonds. The molecule has 1 aromatic carbocycles. The van der Waals surface area contributed by atoms with Crippen molar-refractivity contribution in [2.75, 3.05) is 17.6 Å². The number of amides is 1. The molecule has 134 valence electrons. The quantitative estimate of drug-likeness (QED) is 0.851. The van der Waals surface area contributed by atoms with Crippen LogP contribution in [0.15, 0.2) is 18.2 Å². The Morgan fingerprint density at radius 2 is 2.24 bits per heavy atom. The van der Waals surface area contributed by atoms with E-state index in [2.05, 4.69) is 10.3 Å². The van der Waals surface area contributed by atoms with Crippen LogP contribution in [0.1, 0.15) is 27.9 Å². The molecule has 2 heterocycles. The molecule has 0 saturated carbocycles. The molecule has 10 heteroatoms. The number of hydrogen-bond acceptors (Lipinski definition) is 5. The minimum absolute atomic E-state index is 0.0130. The number of carbonyl (C=O) groups excluding carboxylic acids is 1. The van der Waals surface area contributed by atoms with Crippen molar-refractivity contribution in [1.82, 2.24) is 9.29 Å². The number of nitrogens with one attached hydrogen (secondary N) is 1. The van der Waals surface area contributed by atoms with E-state index in [1.165, 1.54) is 21.7 Å². The molecular weight excluding hydrogens is 389 g/mol. The van der Waals surface area contributed by atoms with Gasteiger partial charge in [0, 0.05) is 24.4 Å². The largest absolute Gasteiger partial charge is 0.298 e. The molecule has 25 heavy (non-hydrogen) atoms. The molecule has 0 unspecified atom stereocenters. The van der Waals surface area contributed by atoms with Gasteiger partial charge in [0.2, 0.25) is 10.0 Å². The zero-order valence-electron chi connectivity index (χ0n) is 13.3. The van der Waals surface area contributed by atoms with Crippen molar-refractivity contribution >= 4 is 44.0 Å². The van der Waals surface area contributed by atoms with Gasteiger partial charge < -0.3 is 0 Å². The lowest BCUT2D eigenvalue weighted by Gasteiger charge is -2.24. The summed E-state index contributed by atoms with van der Waals surface area (Å²) in [7, 11) is -3.26. The number of halogens is 2. The first-order valence-electron chi connectivity index (χ1n) is 7.53. The van der Waals surface area contributed by atoms with Gasteiger partial charge in [-0.2, -0.15) is 4.31 Å². The van der Waals surface area contributed by atoms with Crippen LogP contribution in [-0.4, -0.2) is 35.9 Å². The fourth-order valence-corrected chi connectivity index (χ4v) is 4.90. The zero-order valence-corrected chi connectivity index (χ0v) is 15.6. The van der Waals surface area contributed by atoms with Gasteiger partial charge in [0.1, 0.15) is 5.82 Å². The van der Waals surface area contributed by atoms with Crippen molar-refractivity contribution < 1.29 is 17.6 Å². The number of hydrogen-bond donors (Lipinski definition) is 1. The number of rotatable bonds is 4. The summed E-state index contributed by atoms with van der Waals surface area (Å²) in [6.07, 6.45) is 0.498. The molecule has 1 aliphatic rings. The number of carbonyl (C=O) groups is 1. The topological polar surface area (TPSA) is 79.4 Å². The second-order valence-electron chi connectivity index (χ2n) is 5.45. The monoisotopic (exact) mass is 403 g/mol. The van der Waals surface area contributed by atoms with E-state index in [0.717, 1.165) is 22.7 Å². The maximum absolute atomic E-state index is 13.1. The Kier molecular flexibility index (Phi) is 5.10. The summed E-state index contributed by atoms with van der Waals surface area (Å²) in [4.78, 5) is 17.4. The summed E-state index contributed by atoms with van der Waals surface area (Å²) in [5.74, 6) is -0.967. The van der Waals surface area contributed by atoms with Gasteiger partial charge >= 0.3 is 0 Å². The van der Waals surface area contributed by atoms with Gasteiger partial charge in [-0.05, 0) is 25.1 Å². The first kappa shape index (κ1) is 18.2. The van der Waals surface area contributed by atoms with Crippen molar-refractivity contribution in [1.29, 1.82) is 0 Å². The molecule has 0 radical (unpaired) electrons. The van der Waals surface area contributed by atoms with Gasteiger partial charge in [-0.3, -0.25) is 10.1 Å². The van der Waals surface area contributed by atoms with E-state index in [1.807, 2.05) is 0 Å². The van der Waals surface area contributed by atoms with E-state index in [4.69, 9.17) is 11.6 Å². The molecule has 0 spiro atoms. The third kappa shape index (κ3) is 3.84. The minimum Gasteiger partial charge on any atom is -0.298 e. The maximum Gasteiger partial charge on any atom is 0.258 e. The Morgan fingerprint density at radius 3 is 2.92 bits per heavy atom. The number of sulfonamides is 1. The Labute approximate surface area is 153 Å². The Bertz CT molecular complexity index is 930. The fourth-order valence-electron chi connectivity index (χ4n) is 2.48. The van der Waals surface area contributed by atoms with Crippen molar-refractivity contribution in [2.45, 2.75) is 19.9 Å². The molecule has 0 bridgehead atoms. The smallest absolute Gasteiger partial charge is 0.258 e. The van der Waals surface area contributed by atoms with Gasteiger partial charge in [-0.1, -0.05) is 11.6 Å². The van der Waals surface area contributed by atoms with Gasteiger partial charge in [-0.15, -0.1) is 11.3 Å². The highest BCUT2D eigenvalue weighted by Gasteiger charge is 2.28. The molecule has 6 nitrogen and oxygen atoms in total. The molecular formula is C15H15ClFN3O3S2. The Hall–Kier alpha value is -1.55. The fraction of sp³-hybridized carbons (Fsp3) is 0.333. The summed E-state index contributed by atoms with van der Waals surface area (Å²) in [6, 6.07) is 3.52. The SMILES string of the molecule is CCS(=O)(=O)N1CCc2nc(NC(=O)c3ccc(F)cc3Cl)sc2C1. The van der Waals surface area contributed by atoms with Gasteiger partial charge in [0.15, 0.2) is 5.13 Å². The van der Waals surface area contributed by atoms with E-state index < -0.39 is 21.7 Å². The molecule has 3 rings (SSSR count). The zero-order chi connectivity index (χ0) is 18.2. The second kappa shape index (κ2) is 6.99. The van der Waals surface area contributed by atoms with Crippen molar-refractivity contribution in [3.8, 4) is 0 Å². The van der Waals surface area contributed by atoms with Crippen molar-refractivity contribution in [3.05, 3.63) is 45.2 Å². The summed E-state index contributed by atoms with van der Waals surface area (Å²) in [5, 5.41) is 3.02. The predicted molar refractivity (Wildman–Crippen MR) is 95.1 cm³/mol. The second-order valence-corrected chi connectivity index (χ2v) is 9.20. The highest BCUT2D eigenvalue weighted by atomic mass is 35.5. The van der Waals surface area contributed by atoms with E-state index in [1.54, 1.807) is 6.92 Å². The van der Waals surface area contributed by atoms with E-state index in [0.29, 0.717) is 18.1 Å². The van der Waals surface area contributed by atoms with Crippen molar-refractivity contribution in [2.24, 2.45) is 0 Å². The number of thiazole rings is 1. The number of aromatic nitrogens is 1. The molecule has 1 aromatic heterocycles. The minimum atomic E-state index is -3.26. The number of anilines is 1. The van der Waals surface area contributed by atoms with E-state index in [-0.39, 0.29) is 22.9 Å². The van der Waals surface area contributed by atoms with Crippen LogP contribution in [0.5, 0.6) is 0 Å². The molecule has 1 N–H and O–H groups in total. The summed E-state index contributed by atoms with van der Waals surface area (Å²) < 4.78 is 38.5. The van der Waals surface area contributed by atoms with Crippen LogP contribution in [-0.2, 0) is 23.0 Å². The average molecular weight is 404 g/mol. The van der Waals surface area contributed by atoms with Crippen LogP contribution in [0.2, 0.25) is 5.02 Å². The molecule has 0 atom stereocenters. The van der Waals surface area contributed by atoms with Crippen molar-refractivity contribution in [3.63, 3.8) is 0 Å². The molecule has 0 aliphatic carbocycles. The van der Waals surface area contributed by atoms with E-state index in [9.17, 15) is 17.6 Å². The third-order valence-corrected chi connectivity index (χ3v) is 6.99. The number of nitrogens with zero attached hydrogens (tertiary/aromatic N) is 2. The molecule has 1 aliphatic heterocycles. The molecule has 0 saturated heterocycles. The predicted octanol–water partition coefficient (Wildman–Crippen LogP) is 2.90. The van der Waals surface area contributed by atoms with Crippen LogP contribution in [0, 0.1) is 5.82 Å². The lowest BCUT2D eigenvalue weighted by Crippen LogP contribution is -2.36. The van der Waals surface area contributed by atoms with E-state index >= 15 is 0 Å². The lowest BCUT2D eigenvalue weighted by molar-refractivity contribution is 0.102. The van der Waals surface area contributed by atoms with Gasteiger partial charge in [-0.25, -0.2) is 17.8 Å². The number of fused-ring (bicyclic) bond motifs is 1. The summed E-state index contributed by atoms with van der Waals surface area (Å²) in [6.45, 7) is 2.25. The summed E-state index contributed by atoms with van der Waals surface area (Å²) in [5.41, 5.74) is 0.930. The van der Waals surface area contributed by atoms with Crippen LogP contribution in [0.4, 0.5) is 9.52 Å². The Balaban J connectivity index is 1.77. The van der Waals surface area contributed by atoms with Crippen LogP contribution in [0.25, 0.3) is 0 Å². The van der Waals surface area contributed by atoms with Crippen LogP contribution < -0.4 is 5.32 Å². The van der Waals surface area contributed by atoms with Gasteiger partial charge in [0.25, 0.3) is 5.91 Å². The first-order chi connectivity index (χ1) is 11.8. The maximum atomic E-state index is 13.1. The highest BCUT2D eigenvalue weighted by molar-refractivity contribution is 7.89. The first-order valence-corrected chi connectivity index (χ1v) is 10.3. The number of benzene rings is 1. The molecule has 2 aromatic rings. The third-order valence-electron chi connectivity index (χ3n) is 3.85. The lowest BCUT2D eigenvalue weighted by atomic mass is 10.2. The standard InChI is InChI=1S/C15H15ClFN3O3S2/c1-2-25(22,23)20-6-5-12-13(8-20)24-15(18-12)19-14(21)10-4-3-9(17)7-11(10)16/h3-4,7H,2,5-6,8H2,1H3,(H,18,19,21). The highest BCUT2D eigenvalue weighted by Crippen LogP contribution is 2.30. The summed E-state index contributed by atoms with van der Waals surface area (Å²) >= 11 is 7.12. The molecule has 0 fully saturated rings. The average Bonchev–Trinajstić information content (AvgIpc) is 2.95. The Morgan fingerprint density at radius 1 is 1.48 bits per heavy atom. The van der Waals surface area contributed by atoms with Gasteiger partial charge in [0.05, 0.1) is 22.0 Å².